The summed E-state index contributed by atoms with van der Waals surface area (Å²) in [6.45, 7) is 0. The lowest BCUT2D eigenvalue weighted by Crippen LogP contribution is -2.06. The first kappa shape index (κ1) is 19.4. The van der Waals surface area contributed by atoms with Gasteiger partial charge in [0.15, 0.2) is 10.9 Å². The summed E-state index contributed by atoms with van der Waals surface area (Å²) in [6, 6.07) is 27.1. The Labute approximate surface area is 178 Å². The van der Waals surface area contributed by atoms with E-state index in [1.165, 1.54) is 11.8 Å². The lowest BCUT2D eigenvalue weighted by Gasteiger charge is -2.10. The van der Waals surface area contributed by atoms with Crippen LogP contribution < -0.4 is 0 Å². The van der Waals surface area contributed by atoms with Crippen LogP contribution in [-0.4, -0.2) is 26.3 Å². The molecule has 0 atom stereocenters. The van der Waals surface area contributed by atoms with Crippen LogP contribution in [0.5, 0.6) is 0 Å². The van der Waals surface area contributed by atoms with Crippen LogP contribution in [0, 0.1) is 0 Å². The first-order chi connectivity index (χ1) is 14.2. The Kier molecular flexibility index (Phi) is 6.08. The van der Waals surface area contributed by atoms with E-state index in [-0.39, 0.29) is 11.5 Å². The quantitative estimate of drug-likeness (QED) is 0.293. The minimum atomic E-state index is 0.0267. The molecule has 0 unspecified atom stereocenters. The van der Waals surface area contributed by atoms with Crippen molar-refractivity contribution in [2.45, 2.75) is 11.6 Å². The van der Waals surface area contributed by atoms with Crippen molar-refractivity contribution in [3.63, 3.8) is 0 Å². The molecular weight excluding hydrogens is 402 g/mol. The highest BCUT2D eigenvalue weighted by Gasteiger charge is 2.16. The Hall–Kier alpha value is -2.89. The van der Waals surface area contributed by atoms with Crippen LogP contribution in [0.4, 0.5) is 0 Å². The molecule has 1 heterocycles. The van der Waals surface area contributed by atoms with Gasteiger partial charge in [0.1, 0.15) is 5.82 Å². The zero-order chi connectivity index (χ0) is 20.1. The highest BCUT2D eigenvalue weighted by molar-refractivity contribution is 7.99. The third-order valence-electron chi connectivity index (χ3n) is 4.42. The molecule has 0 spiro atoms. The Morgan fingerprint density at radius 2 is 1.52 bits per heavy atom. The van der Waals surface area contributed by atoms with E-state index in [2.05, 4.69) is 22.3 Å². The van der Waals surface area contributed by atoms with Gasteiger partial charge in [-0.05, 0) is 42.0 Å². The molecule has 144 valence electrons. The van der Waals surface area contributed by atoms with Gasteiger partial charge >= 0.3 is 0 Å². The standard InChI is InChI=1S/C23H18ClN3OS/c24-19-13-11-18(12-14-19)21(28)16-29-23-26-25-22(15-17-7-3-1-4-8-17)27(23)20-9-5-2-6-10-20/h1-14H,15-16H2. The van der Waals surface area contributed by atoms with Crippen molar-refractivity contribution < 1.29 is 4.79 Å². The lowest BCUT2D eigenvalue weighted by molar-refractivity contribution is 0.102. The zero-order valence-corrected chi connectivity index (χ0v) is 17.1. The van der Waals surface area contributed by atoms with E-state index in [0.29, 0.717) is 22.2 Å². The molecule has 3 aromatic carbocycles. The monoisotopic (exact) mass is 419 g/mol. The van der Waals surface area contributed by atoms with Crippen molar-refractivity contribution in [1.29, 1.82) is 0 Å². The Balaban J connectivity index is 1.59. The molecule has 0 N–H and O–H groups in total. The molecule has 4 nitrogen and oxygen atoms in total. The predicted octanol–water partition coefficient (Wildman–Crippen LogP) is 5.49. The highest BCUT2D eigenvalue weighted by Crippen LogP contribution is 2.24. The lowest BCUT2D eigenvalue weighted by atomic mass is 10.1. The van der Waals surface area contributed by atoms with Crippen molar-refractivity contribution in [2.75, 3.05) is 5.75 Å². The molecule has 6 heteroatoms. The number of benzene rings is 3. The highest BCUT2D eigenvalue weighted by atomic mass is 35.5. The maximum Gasteiger partial charge on any atom is 0.196 e. The van der Waals surface area contributed by atoms with Gasteiger partial charge in [-0.1, -0.05) is 71.9 Å². The van der Waals surface area contributed by atoms with Gasteiger partial charge in [-0.2, -0.15) is 0 Å². The number of rotatable bonds is 7. The number of carbonyl (C=O) groups is 1. The molecule has 0 aliphatic rings. The first-order valence-corrected chi connectivity index (χ1v) is 10.5. The van der Waals surface area contributed by atoms with Gasteiger partial charge in [0.25, 0.3) is 0 Å². The smallest absolute Gasteiger partial charge is 0.196 e. The van der Waals surface area contributed by atoms with Gasteiger partial charge in [0.2, 0.25) is 0 Å². The molecule has 29 heavy (non-hydrogen) atoms. The molecule has 0 radical (unpaired) electrons. The SMILES string of the molecule is O=C(CSc1nnc(Cc2ccccc2)n1-c1ccccc1)c1ccc(Cl)cc1. The Morgan fingerprint density at radius 1 is 0.862 bits per heavy atom. The summed E-state index contributed by atoms with van der Waals surface area (Å²) < 4.78 is 2.02. The molecule has 0 saturated heterocycles. The molecular formula is C23H18ClN3OS. The summed E-state index contributed by atoms with van der Waals surface area (Å²) in [7, 11) is 0. The summed E-state index contributed by atoms with van der Waals surface area (Å²) in [5, 5.41) is 10.1. The minimum absolute atomic E-state index is 0.0267. The first-order valence-electron chi connectivity index (χ1n) is 9.16. The molecule has 0 aliphatic carbocycles. The van der Waals surface area contributed by atoms with E-state index in [9.17, 15) is 4.79 Å². The summed E-state index contributed by atoms with van der Waals surface area (Å²) in [6.07, 6.45) is 0.661. The molecule has 0 aliphatic heterocycles. The average Bonchev–Trinajstić information content (AvgIpc) is 3.16. The third-order valence-corrected chi connectivity index (χ3v) is 5.60. The van der Waals surface area contributed by atoms with Gasteiger partial charge in [-0.15, -0.1) is 10.2 Å². The second kappa shape index (κ2) is 9.07. The maximum absolute atomic E-state index is 12.6. The fourth-order valence-electron chi connectivity index (χ4n) is 2.97. The molecule has 4 aromatic rings. The largest absolute Gasteiger partial charge is 0.293 e. The van der Waals surface area contributed by atoms with E-state index in [4.69, 9.17) is 11.6 Å². The van der Waals surface area contributed by atoms with Crippen molar-refractivity contribution >= 4 is 29.1 Å². The average molecular weight is 420 g/mol. The van der Waals surface area contributed by atoms with Crippen LogP contribution in [0.15, 0.2) is 90.1 Å². The summed E-state index contributed by atoms with van der Waals surface area (Å²) >= 11 is 7.30. The van der Waals surface area contributed by atoms with Crippen molar-refractivity contribution in [3.8, 4) is 5.69 Å². The van der Waals surface area contributed by atoms with Crippen LogP contribution in [0.1, 0.15) is 21.7 Å². The second-order valence-corrected chi connectivity index (χ2v) is 7.83. The topological polar surface area (TPSA) is 47.8 Å². The number of para-hydroxylation sites is 1. The molecule has 0 saturated carbocycles. The second-order valence-electron chi connectivity index (χ2n) is 6.45. The molecule has 0 amide bonds. The van der Waals surface area contributed by atoms with Crippen molar-refractivity contribution in [2.24, 2.45) is 0 Å². The normalized spacial score (nSPS) is 10.8. The van der Waals surface area contributed by atoms with E-state index in [1.807, 2.05) is 53.1 Å². The number of halogens is 1. The van der Waals surface area contributed by atoms with Gasteiger partial charge in [-0.3, -0.25) is 9.36 Å². The van der Waals surface area contributed by atoms with Crippen LogP contribution in [0.25, 0.3) is 5.69 Å². The maximum atomic E-state index is 12.6. The molecule has 0 bridgehead atoms. The molecule has 1 aromatic heterocycles. The van der Waals surface area contributed by atoms with Crippen LogP contribution in [0.2, 0.25) is 5.02 Å². The van der Waals surface area contributed by atoms with Crippen LogP contribution >= 0.6 is 23.4 Å². The number of carbonyl (C=O) groups excluding carboxylic acids is 1. The zero-order valence-electron chi connectivity index (χ0n) is 15.5. The van der Waals surface area contributed by atoms with E-state index in [0.717, 1.165) is 17.1 Å². The van der Waals surface area contributed by atoms with E-state index < -0.39 is 0 Å². The number of Topliss-reactive ketones (excluding diaryl/α,β-unsaturated/α-hetero) is 1. The van der Waals surface area contributed by atoms with Gasteiger partial charge in [0.05, 0.1) is 5.75 Å². The number of thioether (sulfide) groups is 1. The third kappa shape index (κ3) is 4.75. The van der Waals surface area contributed by atoms with E-state index in [1.54, 1.807) is 24.3 Å². The summed E-state index contributed by atoms with van der Waals surface area (Å²) in [4.78, 5) is 12.6. The van der Waals surface area contributed by atoms with Gasteiger partial charge < -0.3 is 0 Å². The fraction of sp³-hybridized carbons (Fsp3) is 0.0870. The summed E-state index contributed by atoms with van der Waals surface area (Å²) in [5.41, 5.74) is 2.77. The fourth-order valence-corrected chi connectivity index (χ4v) is 3.96. The van der Waals surface area contributed by atoms with E-state index >= 15 is 0 Å². The summed E-state index contributed by atoms with van der Waals surface area (Å²) in [5.74, 6) is 1.14. The minimum Gasteiger partial charge on any atom is -0.293 e. The van der Waals surface area contributed by atoms with Crippen LogP contribution in [0.3, 0.4) is 0 Å². The molecule has 4 rings (SSSR count). The Morgan fingerprint density at radius 3 is 2.21 bits per heavy atom. The molecule has 0 fully saturated rings. The number of hydrogen-bond donors (Lipinski definition) is 0. The number of ketones is 1. The van der Waals surface area contributed by atoms with Crippen LogP contribution in [-0.2, 0) is 6.42 Å². The number of nitrogens with zero attached hydrogens (tertiary/aromatic N) is 3. The van der Waals surface area contributed by atoms with Crippen molar-refractivity contribution in [3.05, 3.63) is 107 Å². The van der Waals surface area contributed by atoms with Crippen molar-refractivity contribution in [1.82, 2.24) is 14.8 Å². The number of aromatic nitrogens is 3. The predicted molar refractivity (Wildman–Crippen MR) is 117 cm³/mol. The number of hydrogen-bond acceptors (Lipinski definition) is 4. The Bertz CT molecular complexity index is 1100. The van der Waals surface area contributed by atoms with Gasteiger partial charge in [-0.25, -0.2) is 0 Å². The van der Waals surface area contributed by atoms with Gasteiger partial charge in [0, 0.05) is 22.7 Å².